The maximum absolute atomic E-state index is 10.9. The third kappa shape index (κ3) is 4.47. The summed E-state index contributed by atoms with van der Waals surface area (Å²) in [5.41, 5.74) is 0.196. The maximum atomic E-state index is 10.9. The van der Waals surface area contributed by atoms with Crippen LogP contribution in [-0.4, -0.2) is 24.3 Å². The van der Waals surface area contributed by atoms with Gasteiger partial charge in [0.25, 0.3) is 0 Å². The van der Waals surface area contributed by atoms with Crippen LogP contribution in [-0.2, 0) is 0 Å². The molecule has 0 aliphatic carbocycles. The normalized spacial score (nSPS) is 10.2. The average molecular weight is 416 g/mol. The zero-order valence-corrected chi connectivity index (χ0v) is 14.1. The molecule has 4 nitrogen and oxygen atoms in total. The lowest BCUT2D eigenvalue weighted by Gasteiger charge is -2.11. The molecule has 0 bridgehead atoms. The Labute approximate surface area is 139 Å². The summed E-state index contributed by atoms with van der Waals surface area (Å²) in [6, 6.07) is 12.0. The van der Waals surface area contributed by atoms with Crippen LogP contribution in [0.3, 0.4) is 0 Å². The van der Waals surface area contributed by atoms with Crippen LogP contribution in [0.4, 0.5) is 0 Å². The van der Waals surface area contributed by atoms with E-state index in [0.717, 1.165) is 8.95 Å². The van der Waals surface area contributed by atoms with E-state index in [1.807, 2.05) is 18.2 Å². The lowest BCUT2D eigenvalue weighted by atomic mass is 10.2. The van der Waals surface area contributed by atoms with Gasteiger partial charge in [-0.3, -0.25) is 0 Å². The number of para-hydroxylation sites is 1. The van der Waals surface area contributed by atoms with Crippen LogP contribution in [0.5, 0.6) is 11.5 Å². The molecule has 2 aromatic carbocycles. The van der Waals surface area contributed by atoms with Crippen molar-refractivity contribution in [2.75, 3.05) is 13.2 Å². The number of benzene rings is 2. The second-order valence-electron chi connectivity index (χ2n) is 4.08. The first-order valence-electron chi connectivity index (χ1n) is 6.11. The van der Waals surface area contributed by atoms with E-state index in [1.165, 1.54) is 12.1 Å². The highest BCUT2D eigenvalue weighted by atomic mass is 79.9. The molecule has 0 amide bonds. The Bertz CT molecular complexity index is 623. The van der Waals surface area contributed by atoms with Crippen LogP contribution in [0.25, 0.3) is 0 Å². The van der Waals surface area contributed by atoms with Crippen LogP contribution in [0.1, 0.15) is 10.4 Å². The highest BCUT2D eigenvalue weighted by molar-refractivity contribution is 9.11. The van der Waals surface area contributed by atoms with Gasteiger partial charge in [0.05, 0.1) is 14.5 Å². The Hall–Kier alpha value is -1.53. The summed E-state index contributed by atoms with van der Waals surface area (Å²) in [6.45, 7) is 0.662. The summed E-state index contributed by atoms with van der Waals surface area (Å²) < 4.78 is 12.8. The fourth-order valence-corrected chi connectivity index (χ4v) is 2.87. The fraction of sp³-hybridized carbons (Fsp3) is 0.133. The molecule has 0 aliphatic heterocycles. The minimum atomic E-state index is -0.978. The lowest BCUT2D eigenvalue weighted by molar-refractivity contribution is 0.0696. The predicted octanol–water partition coefficient (Wildman–Crippen LogP) is 4.37. The number of hydrogen-bond acceptors (Lipinski definition) is 3. The van der Waals surface area contributed by atoms with Gasteiger partial charge in [0.2, 0.25) is 0 Å². The molecule has 0 radical (unpaired) electrons. The summed E-state index contributed by atoms with van der Waals surface area (Å²) in [5, 5.41) is 8.90. The SMILES string of the molecule is O=C(O)c1cccc(OCCOc2c(Br)cccc2Br)c1. The second kappa shape index (κ2) is 7.47. The van der Waals surface area contributed by atoms with Crippen molar-refractivity contribution in [2.45, 2.75) is 0 Å². The van der Waals surface area contributed by atoms with Crippen LogP contribution >= 0.6 is 31.9 Å². The number of hydrogen-bond donors (Lipinski definition) is 1. The van der Waals surface area contributed by atoms with E-state index < -0.39 is 5.97 Å². The van der Waals surface area contributed by atoms with Crippen molar-refractivity contribution in [1.29, 1.82) is 0 Å². The van der Waals surface area contributed by atoms with Crippen LogP contribution in [0.2, 0.25) is 0 Å². The van der Waals surface area contributed by atoms with Gasteiger partial charge in [-0.25, -0.2) is 4.79 Å². The van der Waals surface area contributed by atoms with E-state index in [4.69, 9.17) is 14.6 Å². The topological polar surface area (TPSA) is 55.8 Å². The molecular formula is C15H12Br2O4. The summed E-state index contributed by atoms with van der Waals surface area (Å²) >= 11 is 6.82. The van der Waals surface area contributed by atoms with Crippen molar-refractivity contribution < 1.29 is 19.4 Å². The first kappa shape index (κ1) is 15.9. The number of carbonyl (C=O) groups is 1. The molecule has 0 fully saturated rings. The second-order valence-corrected chi connectivity index (χ2v) is 5.79. The molecule has 21 heavy (non-hydrogen) atoms. The van der Waals surface area contributed by atoms with Gasteiger partial charge in [-0.15, -0.1) is 0 Å². The third-order valence-corrected chi connectivity index (χ3v) is 3.85. The molecule has 0 saturated carbocycles. The smallest absolute Gasteiger partial charge is 0.335 e. The highest BCUT2D eigenvalue weighted by Gasteiger charge is 2.06. The quantitative estimate of drug-likeness (QED) is 0.711. The molecule has 0 saturated heterocycles. The van der Waals surface area contributed by atoms with E-state index in [2.05, 4.69) is 31.9 Å². The summed E-state index contributed by atoms with van der Waals surface area (Å²) in [6.07, 6.45) is 0. The number of carboxylic acids is 1. The van der Waals surface area contributed by atoms with Crippen molar-refractivity contribution in [2.24, 2.45) is 0 Å². The zero-order valence-electron chi connectivity index (χ0n) is 10.9. The maximum Gasteiger partial charge on any atom is 0.335 e. The van der Waals surface area contributed by atoms with Crippen LogP contribution in [0.15, 0.2) is 51.4 Å². The van der Waals surface area contributed by atoms with Crippen LogP contribution < -0.4 is 9.47 Å². The number of aromatic carboxylic acids is 1. The molecule has 0 spiro atoms. The Balaban J connectivity index is 1.88. The molecule has 1 N–H and O–H groups in total. The van der Waals surface area contributed by atoms with Crippen molar-refractivity contribution >= 4 is 37.8 Å². The number of carboxylic acid groups (broad SMARTS) is 1. The van der Waals surface area contributed by atoms with Gasteiger partial charge in [0, 0.05) is 0 Å². The Kier molecular flexibility index (Phi) is 5.64. The molecular weight excluding hydrogens is 404 g/mol. The summed E-state index contributed by atoms with van der Waals surface area (Å²) in [4.78, 5) is 10.9. The van der Waals surface area contributed by atoms with E-state index >= 15 is 0 Å². The van der Waals surface area contributed by atoms with Gasteiger partial charge >= 0.3 is 5.97 Å². The zero-order chi connectivity index (χ0) is 15.2. The molecule has 2 rings (SSSR count). The molecule has 6 heteroatoms. The average Bonchev–Trinajstić information content (AvgIpc) is 2.46. The minimum Gasteiger partial charge on any atom is -0.490 e. The van der Waals surface area contributed by atoms with Crippen molar-refractivity contribution in [1.82, 2.24) is 0 Å². The first-order valence-corrected chi connectivity index (χ1v) is 7.69. The van der Waals surface area contributed by atoms with E-state index in [9.17, 15) is 4.79 Å². The van der Waals surface area contributed by atoms with Crippen LogP contribution in [0, 0.1) is 0 Å². The predicted molar refractivity (Wildman–Crippen MR) is 86.2 cm³/mol. The van der Waals surface area contributed by atoms with Crippen molar-refractivity contribution in [3.8, 4) is 11.5 Å². The Morgan fingerprint density at radius 2 is 1.62 bits per heavy atom. The molecule has 0 aromatic heterocycles. The Morgan fingerprint density at radius 1 is 1.00 bits per heavy atom. The van der Waals surface area contributed by atoms with E-state index in [0.29, 0.717) is 24.7 Å². The van der Waals surface area contributed by atoms with Crippen molar-refractivity contribution in [3.05, 3.63) is 57.0 Å². The summed E-state index contributed by atoms with van der Waals surface area (Å²) in [5.74, 6) is 0.235. The Morgan fingerprint density at radius 3 is 2.29 bits per heavy atom. The monoisotopic (exact) mass is 414 g/mol. The standard InChI is InChI=1S/C15H12Br2O4/c16-12-5-2-6-13(17)14(12)21-8-7-20-11-4-1-3-10(9-11)15(18)19/h1-6,9H,7-8H2,(H,18,19). The largest absolute Gasteiger partial charge is 0.490 e. The van der Waals surface area contributed by atoms with Gasteiger partial charge in [-0.05, 0) is 62.2 Å². The molecule has 0 heterocycles. The molecule has 2 aromatic rings. The third-order valence-electron chi connectivity index (χ3n) is 2.60. The van der Waals surface area contributed by atoms with Gasteiger partial charge in [-0.2, -0.15) is 0 Å². The summed E-state index contributed by atoms with van der Waals surface area (Å²) in [7, 11) is 0. The number of halogens is 2. The van der Waals surface area contributed by atoms with Gasteiger partial charge in [-0.1, -0.05) is 12.1 Å². The highest BCUT2D eigenvalue weighted by Crippen LogP contribution is 2.32. The van der Waals surface area contributed by atoms with Gasteiger partial charge in [0.15, 0.2) is 0 Å². The molecule has 110 valence electrons. The first-order chi connectivity index (χ1) is 10.1. The fourth-order valence-electron chi connectivity index (χ4n) is 1.64. The molecule has 0 aliphatic rings. The van der Waals surface area contributed by atoms with E-state index in [1.54, 1.807) is 12.1 Å². The number of ether oxygens (including phenoxy) is 2. The number of rotatable bonds is 6. The van der Waals surface area contributed by atoms with Crippen molar-refractivity contribution in [3.63, 3.8) is 0 Å². The minimum absolute atomic E-state index is 0.196. The molecule has 0 atom stereocenters. The van der Waals surface area contributed by atoms with E-state index in [-0.39, 0.29) is 5.56 Å². The van der Waals surface area contributed by atoms with Gasteiger partial charge in [0.1, 0.15) is 24.7 Å². The molecule has 0 unspecified atom stereocenters. The van der Waals surface area contributed by atoms with Gasteiger partial charge < -0.3 is 14.6 Å². The lowest BCUT2D eigenvalue weighted by Crippen LogP contribution is -2.10.